The molecule has 27 heavy (non-hydrogen) atoms. The Morgan fingerprint density at radius 3 is 2.78 bits per heavy atom. The van der Waals surface area contributed by atoms with E-state index in [1.54, 1.807) is 6.07 Å². The molecule has 0 bridgehead atoms. The number of ether oxygens (including phenoxy) is 1. The number of amides is 1. The predicted molar refractivity (Wildman–Crippen MR) is 98.0 cm³/mol. The van der Waals surface area contributed by atoms with Crippen LogP contribution in [0.15, 0.2) is 41.4 Å². The Morgan fingerprint density at radius 1 is 1.30 bits per heavy atom. The van der Waals surface area contributed by atoms with Crippen LogP contribution in [0.25, 0.3) is 10.9 Å². The Bertz CT molecular complexity index is 970. The second-order valence-electron chi connectivity index (χ2n) is 7.11. The number of nitrogens with one attached hydrogen (secondary N) is 1. The molecule has 1 aromatic heterocycles. The summed E-state index contributed by atoms with van der Waals surface area (Å²) in [5.74, 6) is 0. The second kappa shape index (κ2) is 6.74. The Morgan fingerprint density at radius 2 is 2.04 bits per heavy atom. The molecule has 3 heterocycles. The highest BCUT2D eigenvalue weighted by molar-refractivity contribution is 7.89. The molecule has 1 aromatic carbocycles. The van der Waals surface area contributed by atoms with Crippen molar-refractivity contribution in [2.45, 2.75) is 35.8 Å². The molecule has 4 rings (SSSR count). The summed E-state index contributed by atoms with van der Waals surface area (Å²) < 4.78 is 33.3. The van der Waals surface area contributed by atoms with E-state index in [1.807, 2.05) is 24.3 Å². The maximum atomic E-state index is 13.0. The molecule has 2 aliphatic rings. The summed E-state index contributed by atoms with van der Waals surface area (Å²) in [6.07, 6.45) is 2.01. The largest absolute Gasteiger partial charge is 0.465 e. The maximum absolute atomic E-state index is 13.0. The van der Waals surface area contributed by atoms with Crippen molar-refractivity contribution in [2.24, 2.45) is 0 Å². The molecule has 9 heteroatoms. The van der Waals surface area contributed by atoms with Crippen molar-refractivity contribution < 1.29 is 23.1 Å². The number of aromatic nitrogens is 1. The summed E-state index contributed by atoms with van der Waals surface area (Å²) in [5.41, 5.74) is 0.311. The van der Waals surface area contributed by atoms with Gasteiger partial charge in [-0.2, -0.15) is 4.31 Å². The minimum Gasteiger partial charge on any atom is -0.465 e. The van der Waals surface area contributed by atoms with Gasteiger partial charge in [0.25, 0.3) is 0 Å². The van der Waals surface area contributed by atoms with E-state index in [2.05, 4.69) is 10.3 Å². The quantitative estimate of drug-likeness (QED) is 0.826. The van der Waals surface area contributed by atoms with Gasteiger partial charge in [-0.3, -0.25) is 4.98 Å². The topological polar surface area (TPSA) is 109 Å². The number of piperidine rings is 1. The zero-order valence-corrected chi connectivity index (χ0v) is 15.5. The molecule has 144 valence electrons. The van der Waals surface area contributed by atoms with Gasteiger partial charge in [0.05, 0.1) is 23.8 Å². The highest BCUT2D eigenvalue weighted by atomic mass is 32.2. The molecule has 0 aliphatic carbocycles. The highest BCUT2D eigenvalue weighted by Gasteiger charge is 2.45. The van der Waals surface area contributed by atoms with Crippen LogP contribution in [0.3, 0.4) is 0 Å². The molecule has 2 aromatic rings. The Balaban J connectivity index is 1.47. The lowest BCUT2D eigenvalue weighted by Crippen LogP contribution is -2.47. The van der Waals surface area contributed by atoms with Gasteiger partial charge in [0.2, 0.25) is 10.0 Å². The average molecular weight is 391 g/mol. The smallest absolute Gasteiger partial charge is 0.404 e. The lowest BCUT2D eigenvalue weighted by atomic mass is 9.88. The summed E-state index contributed by atoms with van der Waals surface area (Å²) >= 11 is 0. The van der Waals surface area contributed by atoms with Crippen molar-refractivity contribution in [3.63, 3.8) is 0 Å². The van der Waals surface area contributed by atoms with E-state index in [-0.39, 0.29) is 10.9 Å². The van der Waals surface area contributed by atoms with Gasteiger partial charge in [-0.05, 0) is 31.4 Å². The number of hydrogen-bond acceptors (Lipinski definition) is 5. The van der Waals surface area contributed by atoms with Crippen LogP contribution < -0.4 is 5.32 Å². The number of carbonyl (C=O) groups is 1. The van der Waals surface area contributed by atoms with Crippen LogP contribution >= 0.6 is 0 Å². The van der Waals surface area contributed by atoms with Crippen molar-refractivity contribution in [1.82, 2.24) is 14.6 Å². The summed E-state index contributed by atoms with van der Waals surface area (Å²) in [6, 6.07) is 8.81. The first-order chi connectivity index (χ1) is 12.9. The van der Waals surface area contributed by atoms with Crippen LogP contribution in [0.2, 0.25) is 0 Å². The molecule has 2 N–H and O–H groups in total. The molecule has 1 atom stereocenters. The van der Waals surface area contributed by atoms with E-state index in [4.69, 9.17) is 9.84 Å². The van der Waals surface area contributed by atoms with Gasteiger partial charge in [-0.15, -0.1) is 0 Å². The summed E-state index contributed by atoms with van der Waals surface area (Å²) in [7, 11) is -3.63. The molecule has 0 radical (unpaired) electrons. The maximum Gasteiger partial charge on any atom is 0.404 e. The van der Waals surface area contributed by atoms with E-state index < -0.39 is 21.7 Å². The fraction of sp³-hybridized carbons (Fsp3) is 0.444. The van der Waals surface area contributed by atoms with Gasteiger partial charge in [0.15, 0.2) is 0 Å². The van der Waals surface area contributed by atoms with Crippen molar-refractivity contribution >= 4 is 27.0 Å². The molecule has 2 saturated heterocycles. The number of sulfonamides is 1. The third-order valence-corrected chi connectivity index (χ3v) is 7.24. The van der Waals surface area contributed by atoms with E-state index in [9.17, 15) is 13.2 Å². The number of rotatable bonds is 3. The average Bonchev–Trinajstić information content (AvgIpc) is 3.03. The third-order valence-electron chi connectivity index (χ3n) is 5.37. The van der Waals surface area contributed by atoms with Gasteiger partial charge in [0, 0.05) is 24.7 Å². The Labute approximate surface area is 157 Å². The van der Waals surface area contributed by atoms with Gasteiger partial charge in [-0.25, -0.2) is 13.2 Å². The minimum absolute atomic E-state index is 0.190. The second-order valence-corrected chi connectivity index (χ2v) is 9.05. The molecule has 1 spiro atoms. The number of hydrogen-bond donors (Lipinski definition) is 2. The molecule has 2 aliphatic heterocycles. The standard InChI is InChI=1S/C18H21N3O5S/c22-17(23)20-14-10-18(26-12-14)5-7-21(8-6-18)27(24,25)15-9-13-3-1-2-4-16(13)19-11-15/h1-4,9,11,14,20H,5-8,10,12H2,(H,22,23)/t14-/m1/s1. The number of benzene rings is 1. The van der Waals surface area contributed by atoms with Gasteiger partial charge in [-0.1, -0.05) is 18.2 Å². The first kappa shape index (κ1) is 18.1. The number of fused-ring (bicyclic) bond motifs is 1. The van der Waals surface area contributed by atoms with Crippen LogP contribution in [0.5, 0.6) is 0 Å². The fourth-order valence-corrected chi connectivity index (χ4v) is 5.36. The van der Waals surface area contributed by atoms with Crippen LogP contribution in [-0.4, -0.2) is 60.2 Å². The minimum atomic E-state index is -3.63. The van der Waals surface area contributed by atoms with E-state index in [1.165, 1.54) is 10.5 Å². The molecular weight excluding hydrogens is 370 g/mol. The summed E-state index contributed by atoms with van der Waals surface area (Å²) in [4.78, 5) is 15.2. The summed E-state index contributed by atoms with van der Waals surface area (Å²) in [6.45, 7) is 1.01. The number of carboxylic acid groups (broad SMARTS) is 1. The van der Waals surface area contributed by atoms with Crippen LogP contribution in [-0.2, 0) is 14.8 Å². The lowest BCUT2D eigenvalue weighted by molar-refractivity contribution is -0.0311. The molecule has 1 amide bonds. The van der Waals surface area contributed by atoms with Crippen molar-refractivity contribution in [1.29, 1.82) is 0 Å². The zero-order valence-electron chi connectivity index (χ0n) is 14.7. The van der Waals surface area contributed by atoms with Gasteiger partial charge >= 0.3 is 6.09 Å². The number of nitrogens with zero attached hydrogens (tertiary/aromatic N) is 2. The van der Waals surface area contributed by atoms with E-state index in [0.717, 1.165) is 10.9 Å². The van der Waals surface area contributed by atoms with E-state index >= 15 is 0 Å². The van der Waals surface area contributed by atoms with Crippen molar-refractivity contribution in [3.8, 4) is 0 Å². The zero-order chi connectivity index (χ0) is 19.1. The molecular formula is C18H21N3O5S. The Kier molecular flexibility index (Phi) is 4.53. The fourth-order valence-electron chi connectivity index (χ4n) is 3.94. The summed E-state index contributed by atoms with van der Waals surface area (Å²) in [5, 5.41) is 12.1. The van der Waals surface area contributed by atoms with Crippen LogP contribution in [0, 0.1) is 0 Å². The SMILES string of the molecule is O=C(O)N[C@H]1COC2(CCN(S(=O)(=O)c3cnc4ccccc4c3)CC2)C1. The highest BCUT2D eigenvalue weighted by Crippen LogP contribution is 2.37. The van der Waals surface area contributed by atoms with Crippen LogP contribution in [0.4, 0.5) is 4.79 Å². The Hall–Kier alpha value is -2.23. The van der Waals surface area contributed by atoms with E-state index in [0.29, 0.717) is 39.0 Å². The molecule has 2 fully saturated rings. The molecule has 8 nitrogen and oxygen atoms in total. The monoisotopic (exact) mass is 391 g/mol. The first-order valence-electron chi connectivity index (χ1n) is 8.86. The van der Waals surface area contributed by atoms with Gasteiger partial charge in [0.1, 0.15) is 4.90 Å². The van der Waals surface area contributed by atoms with Crippen molar-refractivity contribution in [3.05, 3.63) is 36.5 Å². The van der Waals surface area contributed by atoms with Crippen molar-refractivity contribution in [2.75, 3.05) is 19.7 Å². The van der Waals surface area contributed by atoms with Crippen LogP contribution in [0.1, 0.15) is 19.3 Å². The lowest BCUT2D eigenvalue weighted by Gasteiger charge is -2.37. The number of para-hydroxylation sites is 1. The molecule has 0 unspecified atom stereocenters. The third kappa shape index (κ3) is 3.50. The number of pyridine rings is 1. The van der Waals surface area contributed by atoms with Gasteiger partial charge < -0.3 is 15.2 Å². The normalized spacial score (nSPS) is 22.9. The predicted octanol–water partition coefficient (Wildman–Crippen LogP) is 1.81. The first-order valence-corrected chi connectivity index (χ1v) is 10.3. The molecule has 0 saturated carbocycles.